The van der Waals surface area contributed by atoms with E-state index >= 15 is 0 Å². The number of aliphatic hydroxyl groups excluding tert-OH is 1. The number of β-amino-alcohol motifs (C(OH)–C–C–N with tert-alkyl or cyclic N) is 1. The van der Waals surface area contributed by atoms with Gasteiger partial charge in [-0.05, 0) is 48.6 Å². The molecule has 1 saturated heterocycles. The number of halogens is 1. The van der Waals surface area contributed by atoms with Crippen molar-refractivity contribution in [2.24, 2.45) is 10.9 Å². The van der Waals surface area contributed by atoms with Crippen molar-refractivity contribution in [3.63, 3.8) is 0 Å². The van der Waals surface area contributed by atoms with Crippen LogP contribution in [0.1, 0.15) is 12.0 Å². The van der Waals surface area contributed by atoms with Crippen LogP contribution in [0.3, 0.4) is 0 Å². The normalized spacial score (nSPS) is 23.1. The summed E-state index contributed by atoms with van der Waals surface area (Å²) in [5.41, 5.74) is 7.33. The minimum Gasteiger partial charge on any atom is -0.409 e. The van der Waals surface area contributed by atoms with Gasteiger partial charge in [0.05, 0.1) is 11.7 Å². The lowest BCUT2D eigenvalue weighted by Gasteiger charge is -2.30. The Morgan fingerprint density at radius 3 is 2.86 bits per heavy atom. The molecule has 1 aliphatic heterocycles. The van der Waals surface area contributed by atoms with E-state index in [1.807, 2.05) is 32.3 Å². The Morgan fingerprint density at radius 1 is 1.52 bits per heavy atom. The SMILES string of the molecule is CN(C)CC1CC(O)CN1c1cccc(Br)c1/C(N)=N/O. The Bertz CT molecular complexity index is 536. The monoisotopic (exact) mass is 356 g/mol. The fourth-order valence-electron chi connectivity index (χ4n) is 2.84. The van der Waals surface area contributed by atoms with E-state index in [4.69, 9.17) is 10.9 Å². The first-order valence-electron chi connectivity index (χ1n) is 6.80. The Labute approximate surface area is 133 Å². The molecule has 0 saturated carbocycles. The first-order chi connectivity index (χ1) is 9.93. The van der Waals surface area contributed by atoms with Crippen molar-refractivity contribution in [1.82, 2.24) is 4.90 Å². The number of hydrogen-bond acceptors (Lipinski definition) is 5. The zero-order valence-electron chi connectivity index (χ0n) is 12.2. The smallest absolute Gasteiger partial charge is 0.173 e. The fraction of sp³-hybridized carbons (Fsp3) is 0.500. The molecule has 1 heterocycles. The molecule has 2 rings (SSSR count). The average molecular weight is 357 g/mol. The van der Waals surface area contributed by atoms with Crippen molar-refractivity contribution in [3.05, 3.63) is 28.2 Å². The van der Waals surface area contributed by atoms with Gasteiger partial charge in [-0.25, -0.2) is 0 Å². The number of nitrogens with zero attached hydrogens (tertiary/aromatic N) is 3. The molecule has 116 valence electrons. The van der Waals surface area contributed by atoms with E-state index in [9.17, 15) is 5.11 Å². The molecular weight excluding hydrogens is 336 g/mol. The Morgan fingerprint density at radius 2 is 2.24 bits per heavy atom. The van der Waals surface area contributed by atoms with Crippen LogP contribution in [0, 0.1) is 0 Å². The minimum atomic E-state index is -0.367. The summed E-state index contributed by atoms with van der Waals surface area (Å²) >= 11 is 3.45. The van der Waals surface area contributed by atoms with Gasteiger partial charge in [0, 0.05) is 29.3 Å². The molecule has 2 unspecified atom stereocenters. The highest BCUT2D eigenvalue weighted by atomic mass is 79.9. The molecule has 21 heavy (non-hydrogen) atoms. The topological polar surface area (TPSA) is 85.3 Å². The van der Waals surface area contributed by atoms with Crippen molar-refractivity contribution in [3.8, 4) is 0 Å². The molecule has 7 heteroatoms. The Hall–Kier alpha value is -1.31. The lowest BCUT2D eigenvalue weighted by atomic mass is 10.1. The summed E-state index contributed by atoms with van der Waals surface area (Å²) in [5.74, 6) is 0.0578. The van der Waals surface area contributed by atoms with Gasteiger partial charge in [0.2, 0.25) is 0 Å². The molecule has 0 aliphatic carbocycles. The van der Waals surface area contributed by atoms with Crippen LogP contribution in [0.2, 0.25) is 0 Å². The van der Waals surface area contributed by atoms with Crippen LogP contribution in [0.15, 0.2) is 27.8 Å². The third-order valence-electron chi connectivity index (χ3n) is 3.63. The second kappa shape index (κ2) is 6.64. The van der Waals surface area contributed by atoms with Gasteiger partial charge >= 0.3 is 0 Å². The zero-order chi connectivity index (χ0) is 15.6. The third kappa shape index (κ3) is 3.48. The van der Waals surface area contributed by atoms with E-state index in [1.54, 1.807) is 0 Å². The van der Waals surface area contributed by atoms with Gasteiger partial charge in [0.1, 0.15) is 0 Å². The largest absolute Gasteiger partial charge is 0.409 e. The Balaban J connectivity index is 2.42. The standard InChI is InChI=1S/C14H21BrN4O2/c1-18(2)7-9-6-10(20)8-19(9)12-5-3-4-11(15)13(12)14(16)17-21/h3-5,9-10,20-21H,6-8H2,1-2H3,(H2,16,17). The molecule has 1 aromatic rings. The van der Waals surface area contributed by atoms with E-state index in [1.165, 1.54) is 0 Å². The number of aliphatic hydroxyl groups is 1. The summed E-state index contributed by atoms with van der Waals surface area (Å²) in [5, 5.41) is 22.1. The molecule has 6 nitrogen and oxygen atoms in total. The van der Waals surface area contributed by atoms with E-state index in [-0.39, 0.29) is 18.0 Å². The maximum Gasteiger partial charge on any atom is 0.173 e. The average Bonchev–Trinajstić information content (AvgIpc) is 2.77. The predicted octanol–water partition coefficient (Wildman–Crippen LogP) is 1.04. The fourth-order valence-corrected chi connectivity index (χ4v) is 3.40. The zero-order valence-corrected chi connectivity index (χ0v) is 13.8. The van der Waals surface area contributed by atoms with Crippen LogP contribution in [0.25, 0.3) is 0 Å². The van der Waals surface area contributed by atoms with Crippen LogP contribution < -0.4 is 10.6 Å². The van der Waals surface area contributed by atoms with Crippen molar-refractivity contribution >= 4 is 27.5 Å². The first kappa shape index (κ1) is 16.1. The third-order valence-corrected chi connectivity index (χ3v) is 4.29. The number of likely N-dealkylation sites (N-methyl/N-ethyl adjacent to an activating group) is 1. The summed E-state index contributed by atoms with van der Waals surface area (Å²) in [4.78, 5) is 4.22. The maximum absolute atomic E-state index is 10.0. The van der Waals surface area contributed by atoms with Gasteiger partial charge in [-0.15, -0.1) is 0 Å². The van der Waals surface area contributed by atoms with E-state index < -0.39 is 0 Å². The highest BCUT2D eigenvalue weighted by Gasteiger charge is 2.33. The summed E-state index contributed by atoms with van der Waals surface area (Å²) in [6.07, 6.45) is 0.342. The van der Waals surface area contributed by atoms with Crippen LogP contribution >= 0.6 is 15.9 Å². The van der Waals surface area contributed by atoms with E-state index in [2.05, 4.69) is 30.9 Å². The lowest BCUT2D eigenvalue weighted by molar-refractivity contribution is 0.191. The minimum absolute atomic E-state index is 0.0578. The first-order valence-corrected chi connectivity index (χ1v) is 7.59. The number of anilines is 1. The number of hydrogen-bond donors (Lipinski definition) is 3. The lowest BCUT2D eigenvalue weighted by Crippen LogP contribution is -2.38. The van der Waals surface area contributed by atoms with E-state index in [0.717, 1.165) is 16.7 Å². The second-order valence-electron chi connectivity index (χ2n) is 5.58. The summed E-state index contributed by atoms with van der Waals surface area (Å²) in [6.45, 7) is 1.37. The molecule has 0 spiro atoms. The van der Waals surface area contributed by atoms with Crippen molar-refractivity contribution in [1.29, 1.82) is 0 Å². The molecular formula is C14H21BrN4O2. The van der Waals surface area contributed by atoms with Crippen LogP contribution in [0.4, 0.5) is 5.69 Å². The van der Waals surface area contributed by atoms with Crippen molar-refractivity contribution < 1.29 is 10.3 Å². The molecule has 0 amide bonds. The van der Waals surface area contributed by atoms with Gasteiger partial charge in [-0.1, -0.05) is 11.2 Å². The molecule has 1 fully saturated rings. The summed E-state index contributed by atoms with van der Waals surface area (Å²) in [6, 6.07) is 5.88. The maximum atomic E-state index is 10.0. The molecule has 2 atom stereocenters. The summed E-state index contributed by atoms with van der Waals surface area (Å²) < 4.78 is 0.764. The quantitative estimate of drug-likeness (QED) is 0.325. The van der Waals surface area contributed by atoms with Gasteiger partial charge in [-0.2, -0.15) is 0 Å². The molecule has 4 N–H and O–H groups in total. The molecule has 0 bridgehead atoms. The van der Waals surface area contributed by atoms with Gasteiger partial charge in [-0.3, -0.25) is 0 Å². The molecule has 1 aliphatic rings. The second-order valence-corrected chi connectivity index (χ2v) is 6.43. The number of benzene rings is 1. The van der Waals surface area contributed by atoms with Crippen LogP contribution in [0.5, 0.6) is 0 Å². The highest BCUT2D eigenvalue weighted by Crippen LogP contribution is 2.33. The van der Waals surface area contributed by atoms with Crippen molar-refractivity contribution in [2.75, 3.05) is 32.1 Å². The van der Waals surface area contributed by atoms with Crippen LogP contribution in [-0.2, 0) is 0 Å². The number of amidine groups is 1. The molecule has 0 aromatic heterocycles. The number of nitrogens with two attached hydrogens (primary N) is 1. The van der Waals surface area contributed by atoms with Gasteiger partial charge < -0.3 is 25.8 Å². The van der Waals surface area contributed by atoms with Crippen LogP contribution in [-0.4, -0.2) is 60.4 Å². The predicted molar refractivity (Wildman–Crippen MR) is 87.0 cm³/mol. The molecule has 0 radical (unpaired) electrons. The number of rotatable bonds is 4. The number of oxime groups is 1. The van der Waals surface area contributed by atoms with E-state index in [0.29, 0.717) is 18.5 Å². The Kier molecular flexibility index (Phi) is 5.08. The van der Waals surface area contributed by atoms with Crippen molar-refractivity contribution in [2.45, 2.75) is 18.6 Å². The summed E-state index contributed by atoms with van der Waals surface area (Å²) in [7, 11) is 4.02. The molecule has 1 aromatic carbocycles. The van der Waals surface area contributed by atoms with Gasteiger partial charge in [0.25, 0.3) is 0 Å². The van der Waals surface area contributed by atoms with Gasteiger partial charge in [0.15, 0.2) is 5.84 Å². The highest BCUT2D eigenvalue weighted by molar-refractivity contribution is 9.10.